The lowest BCUT2D eigenvalue weighted by atomic mass is 10.0. The summed E-state index contributed by atoms with van der Waals surface area (Å²) >= 11 is 0. The molecule has 0 spiro atoms. The highest BCUT2D eigenvalue weighted by Gasteiger charge is 2.34. The van der Waals surface area contributed by atoms with Crippen LogP contribution >= 0.6 is 0 Å². The number of fused-ring (bicyclic) bond motifs is 1. The number of rotatable bonds is 8. The van der Waals surface area contributed by atoms with Gasteiger partial charge in [0, 0.05) is 10.9 Å². The normalized spacial score (nSPS) is 11.6. The van der Waals surface area contributed by atoms with Gasteiger partial charge in [0.2, 0.25) is 0 Å². The number of hydrogen-bond donors (Lipinski definition) is 1. The summed E-state index contributed by atoms with van der Waals surface area (Å²) in [6.07, 6.45) is -4.59. The molecule has 5 rings (SSSR count). The number of aliphatic carboxylic acids is 1. The Hall–Kier alpha value is -4.59. The quantitative estimate of drug-likeness (QED) is 0.219. The Balaban J connectivity index is 1.51. The SMILES string of the molecule is Cc1ccc(Cn2nc3c(C(F)(F)F)cccc3c2-c2cccc(OCc3ccc(CC(=O)O)cc3)c2)c(C)c1. The summed E-state index contributed by atoms with van der Waals surface area (Å²) in [6, 6.07) is 24.5. The third-order valence-electron chi connectivity index (χ3n) is 6.78. The lowest BCUT2D eigenvalue weighted by molar-refractivity contribution is -0.137. The van der Waals surface area contributed by atoms with Crippen LogP contribution in [-0.2, 0) is 30.5 Å². The fraction of sp³-hybridized carbons (Fsp3) is 0.188. The fourth-order valence-corrected chi connectivity index (χ4v) is 4.81. The van der Waals surface area contributed by atoms with E-state index >= 15 is 0 Å². The molecular weight excluding hydrogens is 517 g/mol. The first-order valence-electron chi connectivity index (χ1n) is 12.7. The van der Waals surface area contributed by atoms with Crippen molar-refractivity contribution in [3.05, 3.63) is 118 Å². The van der Waals surface area contributed by atoms with Gasteiger partial charge in [-0.1, -0.05) is 72.3 Å². The van der Waals surface area contributed by atoms with Gasteiger partial charge in [-0.3, -0.25) is 9.48 Å². The van der Waals surface area contributed by atoms with E-state index in [0.717, 1.165) is 28.3 Å². The molecule has 0 bridgehead atoms. The van der Waals surface area contributed by atoms with Crippen molar-refractivity contribution in [2.75, 3.05) is 0 Å². The largest absolute Gasteiger partial charge is 0.489 e. The summed E-state index contributed by atoms with van der Waals surface area (Å²) < 4.78 is 49.4. The number of benzene rings is 4. The van der Waals surface area contributed by atoms with E-state index in [2.05, 4.69) is 5.10 Å². The molecule has 40 heavy (non-hydrogen) atoms. The van der Waals surface area contributed by atoms with Gasteiger partial charge >= 0.3 is 12.1 Å². The minimum absolute atomic E-state index is 0.0526. The number of halogens is 3. The molecule has 0 saturated heterocycles. The molecule has 5 nitrogen and oxygen atoms in total. The van der Waals surface area contributed by atoms with E-state index < -0.39 is 17.7 Å². The molecule has 4 aromatic carbocycles. The zero-order chi connectivity index (χ0) is 28.4. The zero-order valence-electron chi connectivity index (χ0n) is 22.0. The highest BCUT2D eigenvalue weighted by Crippen LogP contribution is 2.39. The van der Waals surface area contributed by atoms with Crippen molar-refractivity contribution in [3.8, 4) is 17.0 Å². The van der Waals surface area contributed by atoms with E-state index in [1.165, 1.54) is 6.07 Å². The molecule has 5 aromatic rings. The van der Waals surface area contributed by atoms with Crippen molar-refractivity contribution in [2.24, 2.45) is 0 Å². The maximum atomic E-state index is 13.9. The number of nitrogens with zero attached hydrogens (tertiary/aromatic N) is 2. The van der Waals surface area contributed by atoms with Crippen molar-refractivity contribution < 1.29 is 27.8 Å². The topological polar surface area (TPSA) is 64.4 Å². The monoisotopic (exact) mass is 544 g/mol. The number of aryl methyl sites for hydroxylation is 2. The maximum absolute atomic E-state index is 13.9. The van der Waals surface area contributed by atoms with Crippen LogP contribution in [0.15, 0.2) is 84.9 Å². The summed E-state index contributed by atoms with van der Waals surface area (Å²) in [5, 5.41) is 13.8. The summed E-state index contributed by atoms with van der Waals surface area (Å²) in [5.74, 6) is -0.348. The van der Waals surface area contributed by atoms with Crippen molar-refractivity contribution in [3.63, 3.8) is 0 Å². The first kappa shape index (κ1) is 27.0. The Bertz CT molecular complexity index is 1690. The molecular formula is C32H27F3N2O3. The first-order chi connectivity index (χ1) is 19.1. The number of carboxylic acids is 1. The lowest BCUT2D eigenvalue weighted by Crippen LogP contribution is -2.07. The first-order valence-corrected chi connectivity index (χ1v) is 12.7. The lowest BCUT2D eigenvalue weighted by Gasteiger charge is -2.13. The van der Waals surface area contributed by atoms with Crippen LogP contribution in [0.2, 0.25) is 0 Å². The second-order valence-corrected chi connectivity index (χ2v) is 9.84. The van der Waals surface area contributed by atoms with Gasteiger partial charge < -0.3 is 9.84 Å². The molecule has 0 radical (unpaired) electrons. The van der Waals surface area contributed by atoms with Crippen LogP contribution in [0.4, 0.5) is 13.2 Å². The summed E-state index contributed by atoms with van der Waals surface area (Å²) in [4.78, 5) is 10.9. The minimum atomic E-state index is -4.54. The van der Waals surface area contributed by atoms with Crippen LogP contribution in [0.25, 0.3) is 22.2 Å². The van der Waals surface area contributed by atoms with Crippen LogP contribution in [-0.4, -0.2) is 20.9 Å². The van der Waals surface area contributed by atoms with Gasteiger partial charge in [0.25, 0.3) is 0 Å². The highest BCUT2D eigenvalue weighted by atomic mass is 19.4. The van der Waals surface area contributed by atoms with E-state index in [-0.39, 0.29) is 18.5 Å². The van der Waals surface area contributed by atoms with Gasteiger partial charge in [-0.25, -0.2) is 0 Å². The third kappa shape index (κ3) is 5.86. The van der Waals surface area contributed by atoms with E-state index in [9.17, 15) is 18.0 Å². The Labute approximate surface area is 229 Å². The summed E-state index contributed by atoms with van der Waals surface area (Å²) in [6.45, 7) is 4.53. The van der Waals surface area contributed by atoms with Crippen molar-refractivity contribution in [1.29, 1.82) is 0 Å². The van der Waals surface area contributed by atoms with Crippen LogP contribution < -0.4 is 4.74 Å². The average molecular weight is 545 g/mol. The van der Waals surface area contributed by atoms with Crippen LogP contribution in [0.1, 0.15) is 33.4 Å². The minimum Gasteiger partial charge on any atom is -0.489 e. The smallest absolute Gasteiger partial charge is 0.418 e. The Kier molecular flexibility index (Phi) is 7.34. The fourth-order valence-electron chi connectivity index (χ4n) is 4.81. The summed E-state index contributed by atoms with van der Waals surface area (Å²) in [7, 11) is 0. The molecule has 0 fully saturated rings. The second-order valence-electron chi connectivity index (χ2n) is 9.84. The Morgan fingerprint density at radius 2 is 1.65 bits per heavy atom. The van der Waals surface area contributed by atoms with E-state index in [0.29, 0.717) is 34.5 Å². The van der Waals surface area contributed by atoms with Crippen LogP contribution in [0.3, 0.4) is 0 Å². The number of carbonyl (C=O) groups is 1. The Morgan fingerprint density at radius 1 is 0.925 bits per heavy atom. The summed E-state index contributed by atoms with van der Waals surface area (Å²) in [5.41, 5.74) is 5.05. The average Bonchev–Trinajstić information content (AvgIpc) is 3.27. The molecule has 0 aliphatic rings. The molecule has 204 valence electrons. The van der Waals surface area contributed by atoms with E-state index in [1.807, 2.05) is 50.2 Å². The molecule has 1 heterocycles. The molecule has 1 aromatic heterocycles. The van der Waals surface area contributed by atoms with Crippen LogP contribution in [0.5, 0.6) is 5.75 Å². The Morgan fingerprint density at radius 3 is 2.35 bits per heavy atom. The van der Waals surface area contributed by atoms with Crippen molar-refractivity contribution in [2.45, 2.75) is 39.6 Å². The molecule has 0 atom stereocenters. The maximum Gasteiger partial charge on any atom is 0.418 e. The van der Waals surface area contributed by atoms with Gasteiger partial charge in [-0.2, -0.15) is 18.3 Å². The molecule has 8 heteroatoms. The van der Waals surface area contributed by atoms with E-state index in [1.54, 1.807) is 41.1 Å². The number of hydrogen-bond acceptors (Lipinski definition) is 3. The molecule has 0 unspecified atom stereocenters. The number of alkyl halides is 3. The molecule has 0 aliphatic heterocycles. The third-order valence-corrected chi connectivity index (χ3v) is 6.78. The van der Waals surface area contributed by atoms with Crippen molar-refractivity contribution >= 4 is 16.9 Å². The number of carboxylic acid groups (broad SMARTS) is 1. The predicted octanol–water partition coefficient (Wildman–Crippen LogP) is 7.59. The number of aromatic nitrogens is 2. The van der Waals surface area contributed by atoms with E-state index in [4.69, 9.17) is 9.84 Å². The van der Waals surface area contributed by atoms with Gasteiger partial charge in [-0.15, -0.1) is 0 Å². The van der Waals surface area contributed by atoms with Gasteiger partial charge in [0.05, 0.1) is 24.2 Å². The molecule has 1 N–H and O–H groups in total. The molecule has 0 saturated carbocycles. The van der Waals surface area contributed by atoms with Crippen LogP contribution in [0, 0.1) is 13.8 Å². The molecule has 0 aliphatic carbocycles. The number of ether oxygens (including phenoxy) is 1. The van der Waals surface area contributed by atoms with Crippen molar-refractivity contribution in [1.82, 2.24) is 9.78 Å². The van der Waals surface area contributed by atoms with Gasteiger partial charge in [0.15, 0.2) is 0 Å². The van der Waals surface area contributed by atoms with Gasteiger partial charge in [-0.05, 0) is 54.3 Å². The standard InChI is InChI=1S/C32H27F3N2O3/c1-20-9-14-25(21(2)15-20)18-37-31(27-7-4-8-28(30(27)36-37)32(33,34)35)24-5-3-6-26(17-24)40-19-23-12-10-22(11-13-23)16-29(38)39/h3-15,17H,16,18-19H2,1-2H3,(H,38,39). The zero-order valence-corrected chi connectivity index (χ0v) is 22.0. The predicted molar refractivity (Wildman–Crippen MR) is 147 cm³/mol. The molecule has 0 amide bonds. The second kappa shape index (κ2) is 10.9. The van der Waals surface area contributed by atoms with Gasteiger partial charge in [0.1, 0.15) is 17.9 Å². The highest BCUT2D eigenvalue weighted by molar-refractivity contribution is 5.95.